The van der Waals surface area contributed by atoms with Crippen molar-refractivity contribution in [1.82, 2.24) is 9.78 Å². The maximum atomic E-state index is 13.9. The molecule has 0 fully saturated rings. The summed E-state index contributed by atoms with van der Waals surface area (Å²) >= 11 is 0. The van der Waals surface area contributed by atoms with E-state index in [1.807, 2.05) is 19.3 Å². The minimum absolute atomic E-state index is 0.147. The van der Waals surface area contributed by atoms with Crippen LogP contribution in [0, 0.1) is 5.82 Å². The van der Waals surface area contributed by atoms with E-state index >= 15 is 0 Å². The molecule has 0 unspecified atom stereocenters. The van der Waals surface area contributed by atoms with Gasteiger partial charge in [-0.05, 0) is 29.5 Å². The number of nitrogens with zero attached hydrogens (tertiary/aromatic N) is 2. The lowest BCUT2D eigenvalue weighted by Gasteiger charge is -2.03. The number of aromatic nitrogens is 2. The van der Waals surface area contributed by atoms with Crippen molar-refractivity contribution in [1.29, 1.82) is 0 Å². The topological polar surface area (TPSA) is 43.8 Å². The maximum absolute atomic E-state index is 13.9. The number of allylic oxidation sites excluding steroid dienone is 1. The van der Waals surface area contributed by atoms with Crippen molar-refractivity contribution < 1.29 is 4.39 Å². The van der Waals surface area contributed by atoms with Crippen LogP contribution >= 0.6 is 0 Å². The van der Waals surface area contributed by atoms with E-state index in [0.717, 1.165) is 34.9 Å². The fraction of sp³-hybridized carbons (Fsp3) is 0.308. The van der Waals surface area contributed by atoms with Gasteiger partial charge < -0.3 is 5.73 Å². The van der Waals surface area contributed by atoms with Crippen molar-refractivity contribution in [3.8, 4) is 0 Å². The summed E-state index contributed by atoms with van der Waals surface area (Å²) in [5.74, 6) is -0.147. The third-order valence-electron chi connectivity index (χ3n) is 3.31. The molecule has 88 valence electrons. The van der Waals surface area contributed by atoms with Gasteiger partial charge in [0.25, 0.3) is 0 Å². The Kier molecular flexibility index (Phi) is 2.26. The fourth-order valence-electron chi connectivity index (χ4n) is 2.64. The van der Waals surface area contributed by atoms with Crippen LogP contribution < -0.4 is 5.73 Å². The molecule has 1 aliphatic carbocycles. The fourth-order valence-corrected chi connectivity index (χ4v) is 2.64. The molecule has 17 heavy (non-hydrogen) atoms. The van der Waals surface area contributed by atoms with Crippen molar-refractivity contribution in [2.75, 3.05) is 6.54 Å². The van der Waals surface area contributed by atoms with E-state index in [1.165, 1.54) is 6.07 Å². The smallest absolute Gasteiger partial charge is 0.129 e. The zero-order chi connectivity index (χ0) is 12.0. The zero-order valence-electron chi connectivity index (χ0n) is 9.70. The Labute approximate surface area is 98.7 Å². The highest BCUT2D eigenvalue weighted by molar-refractivity contribution is 5.95. The quantitative estimate of drug-likeness (QED) is 0.815. The van der Waals surface area contributed by atoms with Crippen LogP contribution in [0.3, 0.4) is 0 Å². The van der Waals surface area contributed by atoms with Crippen LogP contribution in [0.1, 0.15) is 17.5 Å². The monoisotopic (exact) mass is 231 g/mol. The lowest BCUT2D eigenvalue weighted by molar-refractivity contribution is 0.614. The van der Waals surface area contributed by atoms with Crippen molar-refractivity contribution in [3.05, 3.63) is 35.3 Å². The molecule has 0 radical (unpaired) electrons. The predicted octanol–water partition coefficient (Wildman–Crippen LogP) is 2.00. The van der Waals surface area contributed by atoms with Crippen molar-refractivity contribution >= 4 is 16.5 Å². The van der Waals surface area contributed by atoms with Gasteiger partial charge in [-0.25, -0.2) is 4.39 Å². The predicted molar refractivity (Wildman–Crippen MR) is 66.0 cm³/mol. The molecule has 0 aliphatic heterocycles. The van der Waals surface area contributed by atoms with Crippen molar-refractivity contribution in [2.24, 2.45) is 12.8 Å². The summed E-state index contributed by atoms with van der Waals surface area (Å²) < 4.78 is 15.7. The molecular weight excluding hydrogens is 217 g/mol. The van der Waals surface area contributed by atoms with Gasteiger partial charge in [0.05, 0.1) is 5.52 Å². The van der Waals surface area contributed by atoms with Crippen LogP contribution in [0.5, 0.6) is 0 Å². The number of nitrogens with two attached hydrogens (primary N) is 1. The first-order valence-electron chi connectivity index (χ1n) is 5.75. The van der Waals surface area contributed by atoms with Crippen LogP contribution in [0.25, 0.3) is 16.5 Å². The first-order valence-corrected chi connectivity index (χ1v) is 5.75. The van der Waals surface area contributed by atoms with E-state index in [9.17, 15) is 4.39 Å². The van der Waals surface area contributed by atoms with E-state index in [1.54, 1.807) is 4.68 Å². The molecule has 0 saturated carbocycles. The lowest BCUT2D eigenvalue weighted by Crippen LogP contribution is -1.95. The van der Waals surface area contributed by atoms with E-state index in [0.29, 0.717) is 12.1 Å². The second kappa shape index (κ2) is 3.67. The Hall–Kier alpha value is -1.68. The molecule has 3 rings (SSSR count). The van der Waals surface area contributed by atoms with Gasteiger partial charge in [0.2, 0.25) is 0 Å². The third-order valence-corrected chi connectivity index (χ3v) is 3.31. The number of fused-ring (bicyclic) bond motifs is 3. The Balaban J connectivity index is 2.37. The van der Waals surface area contributed by atoms with E-state index in [4.69, 9.17) is 5.73 Å². The van der Waals surface area contributed by atoms with Crippen molar-refractivity contribution in [2.45, 2.75) is 12.8 Å². The summed E-state index contributed by atoms with van der Waals surface area (Å²) in [4.78, 5) is 0. The summed E-state index contributed by atoms with van der Waals surface area (Å²) in [7, 11) is 1.85. The van der Waals surface area contributed by atoms with Gasteiger partial charge in [-0.2, -0.15) is 5.10 Å². The molecule has 4 heteroatoms. The molecule has 1 aromatic heterocycles. The molecule has 1 aliphatic rings. The zero-order valence-corrected chi connectivity index (χ0v) is 9.70. The van der Waals surface area contributed by atoms with Crippen LogP contribution in [0.2, 0.25) is 0 Å². The molecule has 0 amide bonds. The van der Waals surface area contributed by atoms with Gasteiger partial charge >= 0.3 is 0 Å². The molecular formula is C13H14FN3. The third kappa shape index (κ3) is 1.48. The Bertz CT molecular complexity index is 625. The minimum atomic E-state index is -0.147. The molecule has 0 bridgehead atoms. The summed E-state index contributed by atoms with van der Waals surface area (Å²) in [6, 6.07) is 1.53. The molecule has 2 aromatic rings. The van der Waals surface area contributed by atoms with Gasteiger partial charge in [-0.1, -0.05) is 6.08 Å². The molecule has 2 N–H and O–H groups in total. The average Bonchev–Trinajstić information content (AvgIpc) is 2.82. The molecule has 0 saturated heterocycles. The van der Waals surface area contributed by atoms with E-state index in [-0.39, 0.29) is 5.82 Å². The molecule has 1 aromatic carbocycles. The second-order valence-electron chi connectivity index (χ2n) is 4.41. The summed E-state index contributed by atoms with van der Waals surface area (Å²) in [5.41, 5.74) is 9.25. The van der Waals surface area contributed by atoms with Gasteiger partial charge in [0.1, 0.15) is 5.82 Å². The van der Waals surface area contributed by atoms with Crippen LogP contribution in [-0.2, 0) is 13.5 Å². The Morgan fingerprint density at radius 1 is 1.53 bits per heavy atom. The summed E-state index contributed by atoms with van der Waals surface area (Å²) in [6.45, 7) is 0.493. The molecule has 0 atom stereocenters. The number of rotatable bonds is 1. The van der Waals surface area contributed by atoms with Crippen LogP contribution in [-0.4, -0.2) is 16.3 Å². The van der Waals surface area contributed by atoms with Gasteiger partial charge in [-0.15, -0.1) is 0 Å². The van der Waals surface area contributed by atoms with E-state index in [2.05, 4.69) is 5.10 Å². The lowest BCUT2D eigenvalue weighted by atomic mass is 10.0. The molecule has 3 nitrogen and oxygen atoms in total. The number of aryl methyl sites for hydroxylation is 1. The van der Waals surface area contributed by atoms with E-state index < -0.39 is 0 Å². The maximum Gasteiger partial charge on any atom is 0.129 e. The SMILES string of the molecule is Cn1cc2c3c(c(F)cc2n1)CC/C3=C\CN. The van der Waals surface area contributed by atoms with Gasteiger partial charge in [0, 0.05) is 31.2 Å². The van der Waals surface area contributed by atoms with Crippen molar-refractivity contribution in [3.63, 3.8) is 0 Å². The first kappa shape index (κ1) is 10.5. The number of benzene rings is 1. The standard InChI is InChI=1S/C13H14FN3/c1-17-7-10-12(16-17)6-11(14)9-3-2-8(4-5-15)13(9)10/h4,6-7H,2-3,5,15H2,1H3/b8-4+. The largest absolute Gasteiger partial charge is 0.327 e. The highest BCUT2D eigenvalue weighted by Gasteiger charge is 2.23. The van der Waals surface area contributed by atoms with Crippen LogP contribution in [0.15, 0.2) is 18.3 Å². The minimum Gasteiger partial charge on any atom is -0.327 e. The van der Waals surface area contributed by atoms with Crippen LogP contribution in [0.4, 0.5) is 4.39 Å². The average molecular weight is 231 g/mol. The van der Waals surface area contributed by atoms with Gasteiger partial charge in [-0.3, -0.25) is 4.68 Å². The molecule has 1 heterocycles. The normalized spacial score (nSPS) is 17.0. The summed E-state index contributed by atoms with van der Waals surface area (Å²) in [5, 5.41) is 5.29. The second-order valence-corrected chi connectivity index (χ2v) is 4.41. The molecule has 0 spiro atoms. The highest BCUT2D eigenvalue weighted by atomic mass is 19.1. The number of hydrogen-bond donors (Lipinski definition) is 1. The Morgan fingerprint density at radius 3 is 3.12 bits per heavy atom. The summed E-state index contributed by atoms with van der Waals surface area (Å²) in [6.07, 6.45) is 5.57. The van der Waals surface area contributed by atoms with Gasteiger partial charge in [0.15, 0.2) is 0 Å². The number of halogens is 1. The highest BCUT2D eigenvalue weighted by Crippen LogP contribution is 2.38. The number of hydrogen-bond acceptors (Lipinski definition) is 2. The Morgan fingerprint density at radius 2 is 2.35 bits per heavy atom. The first-order chi connectivity index (χ1) is 8.20.